The number of anilines is 1. The van der Waals surface area contributed by atoms with Crippen LogP contribution in [0.2, 0.25) is 0 Å². The summed E-state index contributed by atoms with van der Waals surface area (Å²) in [7, 11) is 0. The summed E-state index contributed by atoms with van der Waals surface area (Å²) in [5.41, 5.74) is 6.93. The fraction of sp³-hybridized carbons (Fsp3) is 0.368. The normalized spacial score (nSPS) is 14.6. The van der Waals surface area contributed by atoms with Gasteiger partial charge in [0.1, 0.15) is 12.1 Å². The zero-order valence-corrected chi connectivity index (χ0v) is 15.0. The van der Waals surface area contributed by atoms with E-state index in [0.717, 1.165) is 43.0 Å². The molecule has 3 rings (SSSR count). The summed E-state index contributed by atoms with van der Waals surface area (Å²) in [6.07, 6.45) is 2.77. The number of nitrogens with two attached hydrogens (primary N) is 1. The highest BCUT2D eigenvalue weighted by molar-refractivity contribution is 5.80. The maximum atomic E-state index is 11.5. The molecule has 0 spiro atoms. The van der Waals surface area contributed by atoms with E-state index in [1.807, 2.05) is 36.4 Å². The number of piperidine rings is 1. The summed E-state index contributed by atoms with van der Waals surface area (Å²) in [5, 5.41) is 2.32. The van der Waals surface area contributed by atoms with E-state index in [0.29, 0.717) is 6.61 Å². The summed E-state index contributed by atoms with van der Waals surface area (Å²) in [4.78, 5) is 33.1. The fourth-order valence-corrected chi connectivity index (χ4v) is 3.02. The van der Waals surface area contributed by atoms with E-state index in [2.05, 4.69) is 20.2 Å². The zero-order valence-electron chi connectivity index (χ0n) is 15.0. The van der Waals surface area contributed by atoms with E-state index < -0.39 is 12.0 Å². The highest BCUT2D eigenvalue weighted by atomic mass is 16.5. The Kier molecular flexibility index (Phi) is 6.19. The standard InChI is InChI=1S/C19H23N5O3/c20-17(25)11-21-19(26)27-12-14-6-8-24(9-7-14)18-10-16(22-13-23-18)15-4-2-1-3-5-15/h1-5,10,13-14H,6-9,11-12H2,(H2,20,25)(H,21,26). The second-order valence-corrected chi connectivity index (χ2v) is 6.48. The van der Waals surface area contributed by atoms with Gasteiger partial charge in [-0.3, -0.25) is 4.79 Å². The van der Waals surface area contributed by atoms with Gasteiger partial charge in [0.25, 0.3) is 0 Å². The maximum Gasteiger partial charge on any atom is 0.407 e. The number of carbonyl (C=O) groups excluding carboxylic acids is 2. The van der Waals surface area contributed by atoms with Crippen LogP contribution in [0.4, 0.5) is 10.6 Å². The zero-order chi connectivity index (χ0) is 19.1. The first-order valence-corrected chi connectivity index (χ1v) is 8.93. The Labute approximate surface area is 157 Å². The third-order valence-corrected chi connectivity index (χ3v) is 4.52. The molecule has 27 heavy (non-hydrogen) atoms. The summed E-state index contributed by atoms with van der Waals surface area (Å²) >= 11 is 0. The van der Waals surface area contributed by atoms with Crippen LogP contribution in [0.1, 0.15) is 12.8 Å². The number of hydrogen-bond acceptors (Lipinski definition) is 6. The van der Waals surface area contributed by atoms with E-state index in [9.17, 15) is 9.59 Å². The molecule has 0 radical (unpaired) electrons. The molecule has 2 heterocycles. The lowest BCUT2D eigenvalue weighted by molar-refractivity contribution is -0.117. The summed E-state index contributed by atoms with van der Waals surface area (Å²) in [6, 6.07) is 12.0. The van der Waals surface area contributed by atoms with Crippen LogP contribution < -0.4 is 16.0 Å². The highest BCUT2D eigenvalue weighted by Crippen LogP contribution is 2.25. The molecule has 1 aromatic heterocycles. The second-order valence-electron chi connectivity index (χ2n) is 6.48. The van der Waals surface area contributed by atoms with E-state index in [-0.39, 0.29) is 12.5 Å². The van der Waals surface area contributed by atoms with Gasteiger partial charge < -0.3 is 20.7 Å². The average molecular weight is 369 g/mol. The molecule has 1 saturated heterocycles. The lowest BCUT2D eigenvalue weighted by Gasteiger charge is -2.32. The van der Waals surface area contributed by atoms with Crippen LogP contribution >= 0.6 is 0 Å². The molecule has 0 unspecified atom stereocenters. The van der Waals surface area contributed by atoms with Crippen molar-refractivity contribution in [1.82, 2.24) is 15.3 Å². The van der Waals surface area contributed by atoms with E-state index in [4.69, 9.17) is 10.5 Å². The second kappa shape index (κ2) is 8.98. The molecule has 8 heteroatoms. The molecule has 0 aliphatic carbocycles. The maximum absolute atomic E-state index is 11.5. The third kappa shape index (κ3) is 5.40. The molecule has 0 bridgehead atoms. The number of carbonyl (C=O) groups is 2. The molecule has 2 amide bonds. The summed E-state index contributed by atoms with van der Waals surface area (Å²) < 4.78 is 5.15. The van der Waals surface area contributed by atoms with Gasteiger partial charge in [-0.25, -0.2) is 14.8 Å². The average Bonchev–Trinajstić information content (AvgIpc) is 2.72. The number of ether oxygens (including phenoxy) is 1. The number of benzene rings is 1. The van der Waals surface area contributed by atoms with Crippen molar-refractivity contribution >= 4 is 17.8 Å². The van der Waals surface area contributed by atoms with Crippen LogP contribution in [0.15, 0.2) is 42.7 Å². The van der Waals surface area contributed by atoms with Crippen LogP contribution in [0, 0.1) is 5.92 Å². The molecule has 142 valence electrons. The van der Waals surface area contributed by atoms with Crippen molar-refractivity contribution in [2.75, 3.05) is 31.1 Å². The predicted octanol–water partition coefficient (Wildman–Crippen LogP) is 1.57. The molecule has 1 fully saturated rings. The Morgan fingerprint density at radius 2 is 1.93 bits per heavy atom. The lowest BCUT2D eigenvalue weighted by atomic mass is 9.98. The van der Waals surface area contributed by atoms with Crippen LogP contribution in [0.5, 0.6) is 0 Å². The molecule has 3 N–H and O–H groups in total. The van der Waals surface area contributed by atoms with Gasteiger partial charge in [-0.15, -0.1) is 0 Å². The van der Waals surface area contributed by atoms with E-state index in [1.54, 1.807) is 6.33 Å². The quantitative estimate of drug-likeness (QED) is 0.800. The van der Waals surface area contributed by atoms with Gasteiger partial charge in [0, 0.05) is 24.7 Å². The molecule has 8 nitrogen and oxygen atoms in total. The topological polar surface area (TPSA) is 110 Å². The Morgan fingerprint density at radius 3 is 2.63 bits per heavy atom. The van der Waals surface area contributed by atoms with Gasteiger partial charge >= 0.3 is 6.09 Å². The molecule has 2 aromatic rings. The van der Waals surface area contributed by atoms with Crippen molar-refractivity contribution in [2.24, 2.45) is 11.7 Å². The van der Waals surface area contributed by atoms with Crippen molar-refractivity contribution < 1.29 is 14.3 Å². The molecular formula is C19H23N5O3. The number of amides is 2. The Bertz CT molecular complexity index is 776. The predicted molar refractivity (Wildman–Crippen MR) is 101 cm³/mol. The number of hydrogen-bond donors (Lipinski definition) is 2. The van der Waals surface area contributed by atoms with Crippen molar-refractivity contribution in [2.45, 2.75) is 12.8 Å². The van der Waals surface area contributed by atoms with Crippen LogP contribution in [-0.4, -0.2) is 48.2 Å². The van der Waals surface area contributed by atoms with Gasteiger partial charge in [-0.2, -0.15) is 0 Å². The van der Waals surface area contributed by atoms with Crippen molar-refractivity contribution in [3.05, 3.63) is 42.7 Å². The molecule has 0 saturated carbocycles. The number of nitrogens with one attached hydrogen (secondary N) is 1. The molecule has 1 aliphatic heterocycles. The van der Waals surface area contributed by atoms with Gasteiger partial charge in [0.05, 0.1) is 18.8 Å². The first-order chi connectivity index (χ1) is 13.1. The number of nitrogens with zero attached hydrogens (tertiary/aromatic N) is 3. The third-order valence-electron chi connectivity index (χ3n) is 4.52. The lowest BCUT2D eigenvalue weighted by Crippen LogP contribution is -2.38. The highest BCUT2D eigenvalue weighted by Gasteiger charge is 2.22. The van der Waals surface area contributed by atoms with Gasteiger partial charge in [0.2, 0.25) is 5.91 Å². The SMILES string of the molecule is NC(=O)CNC(=O)OCC1CCN(c2cc(-c3ccccc3)ncn2)CC1. The van der Waals surface area contributed by atoms with Crippen LogP contribution in [0.25, 0.3) is 11.3 Å². The molecular weight excluding hydrogens is 346 g/mol. The van der Waals surface area contributed by atoms with Crippen molar-refractivity contribution in [1.29, 1.82) is 0 Å². The molecule has 1 aromatic carbocycles. The Morgan fingerprint density at radius 1 is 1.19 bits per heavy atom. The Hall–Kier alpha value is -3.16. The minimum absolute atomic E-state index is 0.214. The Balaban J connectivity index is 1.49. The monoisotopic (exact) mass is 369 g/mol. The molecule has 0 atom stereocenters. The largest absolute Gasteiger partial charge is 0.449 e. The molecule has 1 aliphatic rings. The van der Waals surface area contributed by atoms with E-state index in [1.165, 1.54) is 0 Å². The van der Waals surface area contributed by atoms with Crippen LogP contribution in [0.3, 0.4) is 0 Å². The number of primary amides is 1. The smallest absolute Gasteiger partial charge is 0.407 e. The first-order valence-electron chi connectivity index (χ1n) is 8.93. The van der Waals surface area contributed by atoms with Gasteiger partial charge in [-0.05, 0) is 18.8 Å². The summed E-state index contributed by atoms with van der Waals surface area (Å²) in [6.45, 7) is 1.79. The van der Waals surface area contributed by atoms with Crippen molar-refractivity contribution in [3.8, 4) is 11.3 Å². The van der Waals surface area contributed by atoms with Gasteiger partial charge in [-0.1, -0.05) is 30.3 Å². The summed E-state index contributed by atoms with van der Waals surface area (Å²) in [5.74, 6) is 0.596. The fourth-order valence-electron chi connectivity index (χ4n) is 3.02. The van der Waals surface area contributed by atoms with Crippen LogP contribution in [-0.2, 0) is 9.53 Å². The van der Waals surface area contributed by atoms with Crippen molar-refractivity contribution in [3.63, 3.8) is 0 Å². The minimum Gasteiger partial charge on any atom is -0.449 e. The number of rotatable bonds is 6. The number of aromatic nitrogens is 2. The van der Waals surface area contributed by atoms with E-state index >= 15 is 0 Å². The number of alkyl carbamates (subject to hydrolysis) is 1. The first kappa shape index (κ1) is 18.6. The van der Waals surface area contributed by atoms with Gasteiger partial charge in [0.15, 0.2) is 0 Å². The minimum atomic E-state index is -0.612.